The summed E-state index contributed by atoms with van der Waals surface area (Å²) in [4.78, 5) is 2.36. The van der Waals surface area contributed by atoms with Crippen LogP contribution < -0.4 is 9.64 Å². The standard InChI is InChI=1S/C55H45NO/c1-4-5-12-39-19-23-44(24-20-39)55(49-33-37(2)17-29-47(49)48-30-18-38(3)34-50(48)55)45-25-27-46(28-26-45)56-51-31-21-42(40-13-8-6-9-14-40)35-53(51)57-54-36-43(22-32-52(54)56)41-15-10-7-11-16-41/h6-11,13-36H,4-5,12H2,1-3H3. The van der Waals surface area contributed by atoms with E-state index < -0.39 is 5.41 Å². The zero-order valence-corrected chi connectivity index (χ0v) is 32.8. The molecule has 276 valence electrons. The maximum Gasteiger partial charge on any atom is 0.152 e. The van der Waals surface area contributed by atoms with Gasteiger partial charge in [-0.1, -0.05) is 170 Å². The first-order chi connectivity index (χ1) is 28.0. The lowest BCUT2D eigenvalue weighted by Crippen LogP contribution is -2.29. The highest BCUT2D eigenvalue weighted by atomic mass is 16.5. The van der Waals surface area contributed by atoms with Gasteiger partial charge in [-0.05, 0) is 124 Å². The molecule has 57 heavy (non-hydrogen) atoms. The molecule has 0 aromatic heterocycles. The van der Waals surface area contributed by atoms with Crippen molar-refractivity contribution >= 4 is 17.1 Å². The van der Waals surface area contributed by atoms with Gasteiger partial charge in [0, 0.05) is 5.69 Å². The molecule has 2 heteroatoms. The van der Waals surface area contributed by atoms with Gasteiger partial charge in [0.05, 0.1) is 16.8 Å². The largest absolute Gasteiger partial charge is 0.453 e. The van der Waals surface area contributed by atoms with Crippen LogP contribution in [0.5, 0.6) is 11.5 Å². The van der Waals surface area contributed by atoms with E-state index in [1.54, 1.807) is 0 Å². The van der Waals surface area contributed by atoms with Crippen molar-refractivity contribution in [3.63, 3.8) is 0 Å². The zero-order valence-electron chi connectivity index (χ0n) is 32.8. The Bertz CT molecular complexity index is 2610. The molecule has 0 saturated carbocycles. The molecule has 0 amide bonds. The van der Waals surface area contributed by atoms with Crippen LogP contribution in [0.3, 0.4) is 0 Å². The average Bonchev–Trinajstić information content (AvgIpc) is 3.54. The van der Waals surface area contributed by atoms with E-state index in [1.165, 1.54) is 62.9 Å². The van der Waals surface area contributed by atoms with Gasteiger partial charge in [-0.2, -0.15) is 0 Å². The second-order valence-electron chi connectivity index (χ2n) is 15.7. The summed E-state index contributed by atoms with van der Waals surface area (Å²) in [5.74, 6) is 1.67. The van der Waals surface area contributed by atoms with Crippen LogP contribution >= 0.6 is 0 Å². The molecular formula is C55H45NO. The van der Waals surface area contributed by atoms with Gasteiger partial charge in [0.25, 0.3) is 0 Å². The lowest BCUT2D eigenvalue weighted by Gasteiger charge is -2.36. The van der Waals surface area contributed by atoms with Gasteiger partial charge in [-0.3, -0.25) is 0 Å². The molecule has 8 aromatic rings. The maximum atomic E-state index is 6.83. The molecule has 1 aliphatic heterocycles. The number of nitrogens with zero attached hydrogens (tertiary/aromatic N) is 1. The van der Waals surface area contributed by atoms with Crippen molar-refractivity contribution in [2.45, 2.75) is 45.4 Å². The molecule has 8 aromatic carbocycles. The Balaban J connectivity index is 1.15. The van der Waals surface area contributed by atoms with Crippen LogP contribution in [0.2, 0.25) is 0 Å². The average molecular weight is 736 g/mol. The lowest BCUT2D eigenvalue weighted by molar-refractivity contribution is 0.477. The van der Waals surface area contributed by atoms with E-state index in [4.69, 9.17) is 4.74 Å². The van der Waals surface area contributed by atoms with Gasteiger partial charge in [0.15, 0.2) is 11.5 Å². The van der Waals surface area contributed by atoms with E-state index >= 15 is 0 Å². The fourth-order valence-electron chi connectivity index (χ4n) is 9.21. The van der Waals surface area contributed by atoms with Crippen molar-refractivity contribution in [3.05, 3.63) is 221 Å². The van der Waals surface area contributed by atoms with E-state index in [1.807, 2.05) is 0 Å². The van der Waals surface area contributed by atoms with Crippen molar-refractivity contribution in [1.82, 2.24) is 0 Å². The van der Waals surface area contributed by atoms with Crippen LogP contribution in [-0.2, 0) is 11.8 Å². The minimum absolute atomic E-state index is 0.472. The minimum atomic E-state index is -0.472. The number of hydrogen-bond acceptors (Lipinski definition) is 2. The number of rotatable bonds is 8. The summed E-state index contributed by atoms with van der Waals surface area (Å²) >= 11 is 0. The van der Waals surface area contributed by atoms with Crippen molar-refractivity contribution in [2.24, 2.45) is 0 Å². The molecule has 2 aliphatic rings. The Morgan fingerprint density at radius 2 is 0.965 bits per heavy atom. The summed E-state index contributed by atoms with van der Waals surface area (Å²) in [6.07, 6.45) is 3.49. The van der Waals surface area contributed by atoms with Gasteiger partial charge in [0.2, 0.25) is 0 Å². The molecule has 1 aliphatic carbocycles. The fraction of sp³-hybridized carbons (Fsp3) is 0.127. The van der Waals surface area contributed by atoms with Crippen molar-refractivity contribution < 1.29 is 4.74 Å². The second kappa shape index (κ2) is 14.1. The topological polar surface area (TPSA) is 12.5 Å². The quantitative estimate of drug-likeness (QED) is 0.154. The number of aryl methyl sites for hydroxylation is 3. The summed E-state index contributed by atoms with van der Waals surface area (Å²) in [5, 5.41) is 0. The van der Waals surface area contributed by atoms with Crippen LogP contribution in [0.25, 0.3) is 33.4 Å². The maximum absolute atomic E-state index is 6.83. The predicted octanol–water partition coefficient (Wildman–Crippen LogP) is 14.9. The monoisotopic (exact) mass is 735 g/mol. The molecule has 0 N–H and O–H groups in total. The van der Waals surface area contributed by atoms with E-state index in [2.05, 4.69) is 208 Å². The van der Waals surface area contributed by atoms with Gasteiger partial charge in [-0.15, -0.1) is 0 Å². The summed E-state index contributed by atoms with van der Waals surface area (Å²) < 4.78 is 6.83. The number of fused-ring (bicyclic) bond motifs is 5. The molecular weight excluding hydrogens is 691 g/mol. The highest BCUT2D eigenvalue weighted by Crippen LogP contribution is 2.58. The van der Waals surface area contributed by atoms with E-state index in [0.29, 0.717) is 0 Å². The molecule has 2 nitrogen and oxygen atoms in total. The van der Waals surface area contributed by atoms with E-state index in [-0.39, 0.29) is 0 Å². The normalized spacial score (nSPS) is 13.3. The number of benzene rings is 8. The van der Waals surface area contributed by atoms with Crippen molar-refractivity contribution in [3.8, 4) is 44.9 Å². The predicted molar refractivity (Wildman–Crippen MR) is 237 cm³/mol. The molecule has 0 unspecified atom stereocenters. The molecule has 10 rings (SSSR count). The van der Waals surface area contributed by atoms with Crippen molar-refractivity contribution in [1.29, 1.82) is 0 Å². The smallest absolute Gasteiger partial charge is 0.152 e. The minimum Gasteiger partial charge on any atom is -0.453 e. The van der Waals surface area contributed by atoms with Crippen LogP contribution in [0.1, 0.15) is 58.7 Å². The third-order valence-electron chi connectivity index (χ3n) is 12.0. The number of ether oxygens (including phenoxy) is 1. The second-order valence-corrected chi connectivity index (χ2v) is 15.7. The van der Waals surface area contributed by atoms with Crippen LogP contribution in [0, 0.1) is 13.8 Å². The first-order valence-electron chi connectivity index (χ1n) is 20.3. The summed E-state index contributed by atoms with van der Waals surface area (Å²) in [6.45, 7) is 6.70. The zero-order chi connectivity index (χ0) is 38.5. The Hall–Kier alpha value is -6.64. The Labute approximate surface area is 336 Å². The third kappa shape index (κ3) is 5.87. The summed E-state index contributed by atoms with van der Waals surface area (Å²) in [5.41, 5.74) is 19.0. The third-order valence-corrected chi connectivity index (χ3v) is 12.0. The Morgan fingerprint density at radius 1 is 0.474 bits per heavy atom. The fourth-order valence-corrected chi connectivity index (χ4v) is 9.21. The molecule has 0 fully saturated rings. The van der Waals surface area contributed by atoms with Crippen LogP contribution in [0.4, 0.5) is 17.1 Å². The van der Waals surface area contributed by atoms with Gasteiger partial charge < -0.3 is 9.64 Å². The van der Waals surface area contributed by atoms with Gasteiger partial charge in [0.1, 0.15) is 0 Å². The first-order valence-corrected chi connectivity index (χ1v) is 20.3. The molecule has 0 spiro atoms. The van der Waals surface area contributed by atoms with E-state index in [0.717, 1.165) is 57.2 Å². The van der Waals surface area contributed by atoms with Crippen LogP contribution in [-0.4, -0.2) is 0 Å². The van der Waals surface area contributed by atoms with Gasteiger partial charge >= 0.3 is 0 Å². The van der Waals surface area contributed by atoms with Crippen molar-refractivity contribution in [2.75, 3.05) is 4.90 Å². The number of anilines is 3. The molecule has 0 bridgehead atoms. The molecule has 0 saturated heterocycles. The van der Waals surface area contributed by atoms with Crippen LogP contribution in [0.15, 0.2) is 182 Å². The molecule has 1 heterocycles. The first kappa shape index (κ1) is 34.8. The Kier molecular flexibility index (Phi) is 8.64. The van der Waals surface area contributed by atoms with Gasteiger partial charge in [-0.25, -0.2) is 0 Å². The molecule has 0 atom stereocenters. The van der Waals surface area contributed by atoms with E-state index in [9.17, 15) is 0 Å². The SMILES string of the molecule is CCCCc1ccc(C2(c3ccc(N4c5ccc(-c6ccccc6)cc5Oc5cc(-c6ccccc6)ccc54)cc3)c3cc(C)ccc3-c3ccc(C)cc32)cc1. The highest BCUT2D eigenvalue weighted by molar-refractivity contribution is 5.91. The highest BCUT2D eigenvalue weighted by Gasteiger charge is 2.46. The number of hydrogen-bond donors (Lipinski definition) is 0. The lowest BCUT2D eigenvalue weighted by atomic mass is 9.67. The Morgan fingerprint density at radius 3 is 1.46 bits per heavy atom. The number of unbranched alkanes of at least 4 members (excludes halogenated alkanes) is 1. The molecule has 0 radical (unpaired) electrons. The summed E-state index contributed by atoms with van der Waals surface area (Å²) in [7, 11) is 0. The summed E-state index contributed by atoms with van der Waals surface area (Å²) in [6, 6.07) is 67.2.